The molecule has 29 heavy (non-hydrogen) atoms. The fraction of sp³-hybridized carbons (Fsp3) is 0.348. The van der Waals surface area contributed by atoms with E-state index in [4.69, 9.17) is 4.74 Å². The molecule has 1 aliphatic heterocycles. The van der Waals surface area contributed by atoms with Crippen LogP contribution in [0.2, 0.25) is 0 Å². The first-order valence-corrected chi connectivity index (χ1v) is 10.8. The summed E-state index contributed by atoms with van der Waals surface area (Å²) in [7, 11) is 1.63. The quantitative estimate of drug-likeness (QED) is 0.551. The first kappa shape index (κ1) is 19.8. The van der Waals surface area contributed by atoms with Crippen molar-refractivity contribution in [2.24, 2.45) is 0 Å². The minimum Gasteiger partial charge on any atom is -0.495 e. The molecule has 0 radical (unpaired) electrons. The first-order valence-electron chi connectivity index (χ1n) is 9.96. The number of carbonyl (C=O) groups excluding carboxylic acids is 1. The van der Waals surface area contributed by atoms with Gasteiger partial charge in [-0.05, 0) is 26.0 Å². The number of fused-ring (bicyclic) bond motifs is 5. The van der Waals surface area contributed by atoms with E-state index in [0.717, 1.165) is 32.6 Å². The van der Waals surface area contributed by atoms with E-state index in [-0.39, 0.29) is 17.7 Å². The number of alkyl halides is 1. The van der Waals surface area contributed by atoms with Gasteiger partial charge in [-0.25, -0.2) is 4.39 Å². The van der Waals surface area contributed by atoms with Crippen molar-refractivity contribution in [2.45, 2.75) is 30.5 Å². The highest BCUT2D eigenvalue weighted by Gasteiger charge is 2.37. The van der Waals surface area contributed by atoms with Crippen molar-refractivity contribution in [3.63, 3.8) is 0 Å². The molecule has 0 spiro atoms. The van der Waals surface area contributed by atoms with Gasteiger partial charge in [0.15, 0.2) is 0 Å². The highest BCUT2D eigenvalue weighted by Crippen LogP contribution is 2.54. The molecule has 152 valence electrons. The molecule has 2 aromatic carbocycles. The second-order valence-electron chi connectivity index (χ2n) is 6.96. The minimum absolute atomic E-state index is 0.0953. The fourth-order valence-corrected chi connectivity index (χ4v) is 5.57. The van der Waals surface area contributed by atoms with E-state index in [1.165, 1.54) is 0 Å². The zero-order valence-corrected chi connectivity index (χ0v) is 17.8. The van der Waals surface area contributed by atoms with Crippen LogP contribution in [-0.4, -0.2) is 42.2 Å². The van der Waals surface area contributed by atoms with Crippen molar-refractivity contribution < 1.29 is 13.9 Å². The van der Waals surface area contributed by atoms with Crippen LogP contribution in [0.15, 0.2) is 47.4 Å². The lowest BCUT2D eigenvalue weighted by Crippen LogP contribution is -2.34. The monoisotopic (exact) mass is 412 g/mol. The number of amides is 1. The zero-order valence-electron chi connectivity index (χ0n) is 16.9. The molecule has 6 heteroatoms. The number of likely N-dealkylation sites (N-methyl/N-ethyl adjacent to an activating group) is 1. The number of ether oxygens (including phenoxy) is 1. The van der Waals surface area contributed by atoms with Gasteiger partial charge in [0.25, 0.3) is 0 Å². The number of halogens is 1. The largest absolute Gasteiger partial charge is 0.495 e. The number of methoxy groups -OCH3 is 1. The highest BCUT2D eigenvalue weighted by atomic mass is 32.2. The van der Waals surface area contributed by atoms with Gasteiger partial charge in [-0.2, -0.15) is 0 Å². The summed E-state index contributed by atoms with van der Waals surface area (Å²) < 4.78 is 21.2. The van der Waals surface area contributed by atoms with E-state index in [1.807, 2.05) is 59.7 Å². The van der Waals surface area contributed by atoms with Gasteiger partial charge in [0.05, 0.1) is 24.9 Å². The molecule has 4 rings (SSSR count). The standard InChI is InChI=1S/C23H25FN2O2S/c1-4-25(5-2)23(27)22-19-16-10-8-11-17(28-3)20(16)26(14-13-24)21(19)15-9-6-7-12-18(15)29-22/h6-12,22H,4-5,13-14H2,1-3H3. The normalized spacial score (nSPS) is 15.1. The first-order chi connectivity index (χ1) is 14.2. The third kappa shape index (κ3) is 3.10. The molecule has 2 heterocycles. The molecule has 1 unspecified atom stereocenters. The summed E-state index contributed by atoms with van der Waals surface area (Å²) in [5.74, 6) is 0.791. The number of thioether (sulfide) groups is 1. The zero-order chi connectivity index (χ0) is 20.5. The summed E-state index contributed by atoms with van der Waals surface area (Å²) in [6.07, 6.45) is 0. The molecule has 0 aliphatic carbocycles. The SMILES string of the molecule is CCN(CC)C(=O)C1Sc2ccccc2-c2c1c1cccc(OC)c1n2CCF. The topological polar surface area (TPSA) is 34.5 Å². The fourth-order valence-electron chi connectivity index (χ4n) is 4.26. The summed E-state index contributed by atoms with van der Waals surface area (Å²) >= 11 is 1.59. The Bertz CT molecular complexity index is 1060. The Balaban J connectivity index is 2.07. The Morgan fingerprint density at radius 1 is 1.17 bits per heavy atom. The molecule has 4 nitrogen and oxygen atoms in total. The van der Waals surface area contributed by atoms with Crippen LogP contribution in [0, 0.1) is 0 Å². The molecule has 1 aromatic heterocycles. The Morgan fingerprint density at radius 3 is 2.62 bits per heavy atom. The summed E-state index contributed by atoms with van der Waals surface area (Å²) in [5.41, 5.74) is 3.80. The third-order valence-corrected chi connectivity index (χ3v) is 6.84. The van der Waals surface area contributed by atoms with E-state index in [2.05, 4.69) is 6.07 Å². The maximum Gasteiger partial charge on any atom is 0.240 e. The molecule has 0 N–H and O–H groups in total. The van der Waals surface area contributed by atoms with Crippen molar-refractivity contribution in [2.75, 3.05) is 26.9 Å². The van der Waals surface area contributed by atoms with Crippen LogP contribution >= 0.6 is 11.8 Å². The predicted molar refractivity (Wildman–Crippen MR) is 116 cm³/mol. The number of aryl methyl sites for hydroxylation is 1. The molecule has 0 saturated carbocycles. The predicted octanol–water partition coefficient (Wildman–Crippen LogP) is 5.30. The van der Waals surface area contributed by atoms with Gasteiger partial charge in [0.2, 0.25) is 5.91 Å². The number of hydrogen-bond donors (Lipinski definition) is 0. The van der Waals surface area contributed by atoms with Gasteiger partial charge in [0.1, 0.15) is 17.7 Å². The van der Waals surface area contributed by atoms with Crippen LogP contribution in [-0.2, 0) is 11.3 Å². The van der Waals surface area contributed by atoms with Gasteiger partial charge in [-0.1, -0.05) is 30.3 Å². The van der Waals surface area contributed by atoms with Gasteiger partial charge < -0.3 is 14.2 Å². The molecule has 1 atom stereocenters. The smallest absolute Gasteiger partial charge is 0.240 e. The summed E-state index contributed by atoms with van der Waals surface area (Å²) in [5, 5.41) is 0.593. The average molecular weight is 413 g/mol. The lowest BCUT2D eigenvalue weighted by Gasteiger charge is -2.29. The Hall–Kier alpha value is -2.47. The number of aromatic nitrogens is 1. The van der Waals surface area contributed by atoms with Crippen molar-refractivity contribution in [1.29, 1.82) is 0 Å². The maximum atomic E-state index is 13.6. The van der Waals surface area contributed by atoms with Gasteiger partial charge in [-0.3, -0.25) is 4.79 Å². The highest BCUT2D eigenvalue weighted by molar-refractivity contribution is 8.00. The van der Waals surface area contributed by atoms with Crippen LogP contribution in [0.25, 0.3) is 22.2 Å². The van der Waals surface area contributed by atoms with E-state index >= 15 is 0 Å². The van der Waals surface area contributed by atoms with Crippen LogP contribution in [0.4, 0.5) is 4.39 Å². The Kier molecular flexibility index (Phi) is 5.54. The molecule has 0 fully saturated rings. The maximum absolute atomic E-state index is 13.6. The van der Waals surface area contributed by atoms with Crippen LogP contribution in [0.3, 0.4) is 0 Å². The molecule has 0 bridgehead atoms. The molecular weight excluding hydrogens is 387 g/mol. The van der Waals surface area contributed by atoms with Crippen molar-refractivity contribution >= 4 is 28.6 Å². The molecule has 1 aliphatic rings. The summed E-state index contributed by atoms with van der Waals surface area (Å²) in [4.78, 5) is 16.4. The lowest BCUT2D eigenvalue weighted by atomic mass is 10.0. The second-order valence-corrected chi connectivity index (χ2v) is 8.11. The number of nitrogens with zero attached hydrogens (tertiary/aromatic N) is 2. The molecule has 3 aromatic rings. The van der Waals surface area contributed by atoms with Crippen LogP contribution in [0.5, 0.6) is 5.75 Å². The van der Waals surface area contributed by atoms with Crippen molar-refractivity contribution in [3.8, 4) is 17.0 Å². The minimum atomic E-state index is -0.488. The average Bonchev–Trinajstić information content (AvgIpc) is 3.09. The van der Waals surface area contributed by atoms with E-state index in [1.54, 1.807) is 18.9 Å². The number of benzene rings is 2. The Morgan fingerprint density at radius 2 is 1.93 bits per heavy atom. The lowest BCUT2D eigenvalue weighted by molar-refractivity contribution is -0.130. The van der Waals surface area contributed by atoms with Gasteiger partial charge in [0, 0.05) is 34.5 Å². The third-order valence-electron chi connectivity index (χ3n) is 5.56. The van der Waals surface area contributed by atoms with E-state index in [9.17, 15) is 9.18 Å². The van der Waals surface area contributed by atoms with Crippen molar-refractivity contribution in [3.05, 3.63) is 48.0 Å². The van der Waals surface area contributed by atoms with Crippen LogP contribution < -0.4 is 4.74 Å². The Labute approximate surface area is 174 Å². The molecule has 0 saturated heterocycles. The summed E-state index contributed by atoms with van der Waals surface area (Å²) in [6, 6.07) is 13.9. The van der Waals surface area contributed by atoms with Crippen LogP contribution in [0.1, 0.15) is 24.7 Å². The van der Waals surface area contributed by atoms with Crippen molar-refractivity contribution in [1.82, 2.24) is 9.47 Å². The number of rotatable bonds is 6. The number of para-hydroxylation sites is 1. The summed E-state index contributed by atoms with van der Waals surface area (Å²) in [6.45, 7) is 5.06. The van der Waals surface area contributed by atoms with E-state index in [0.29, 0.717) is 18.8 Å². The van der Waals surface area contributed by atoms with E-state index < -0.39 is 6.67 Å². The number of hydrogen-bond acceptors (Lipinski definition) is 3. The second kappa shape index (κ2) is 8.11. The number of carbonyl (C=O) groups is 1. The molecule has 1 amide bonds. The molecular formula is C23H25FN2O2S. The van der Waals surface area contributed by atoms with Gasteiger partial charge in [-0.15, -0.1) is 11.8 Å². The van der Waals surface area contributed by atoms with Gasteiger partial charge >= 0.3 is 0 Å².